The van der Waals surface area contributed by atoms with Gasteiger partial charge < -0.3 is 10.4 Å². The van der Waals surface area contributed by atoms with Gasteiger partial charge >= 0.3 is 0 Å². The van der Waals surface area contributed by atoms with E-state index in [1.54, 1.807) is 12.1 Å². The van der Waals surface area contributed by atoms with Crippen LogP contribution in [-0.4, -0.2) is 14.5 Å². The number of imidazole rings is 1. The molecule has 0 amide bonds. The second-order valence-electron chi connectivity index (χ2n) is 5.77. The van der Waals surface area contributed by atoms with E-state index in [-0.39, 0.29) is 5.75 Å². The molecule has 4 aromatic rings. The molecule has 0 saturated carbocycles. The van der Waals surface area contributed by atoms with Gasteiger partial charge in [-0.2, -0.15) is 0 Å². The number of hydrogen-bond donors (Lipinski definition) is 2. The summed E-state index contributed by atoms with van der Waals surface area (Å²) in [7, 11) is 0. The van der Waals surface area contributed by atoms with Crippen molar-refractivity contribution in [1.29, 1.82) is 0 Å². The summed E-state index contributed by atoms with van der Waals surface area (Å²) in [5, 5.41) is 14.0. The molecule has 2 aromatic carbocycles. The maximum Gasteiger partial charge on any atom is 0.139 e. The molecule has 0 atom stereocenters. The van der Waals surface area contributed by atoms with E-state index in [4.69, 9.17) is 16.6 Å². The zero-order chi connectivity index (χ0) is 17.2. The van der Waals surface area contributed by atoms with E-state index in [1.807, 2.05) is 65.2 Å². The molecular weight excluding hydrogens is 334 g/mol. The Labute approximate surface area is 150 Å². The topological polar surface area (TPSA) is 49.6 Å². The largest absolute Gasteiger partial charge is 0.508 e. The summed E-state index contributed by atoms with van der Waals surface area (Å²) in [4.78, 5) is 4.72. The Morgan fingerprint density at radius 1 is 1.00 bits per heavy atom. The van der Waals surface area contributed by atoms with Gasteiger partial charge in [0.25, 0.3) is 0 Å². The maximum atomic E-state index is 9.81. The average molecular weight is 350 g/mol. The Balaban J connectivity index is 1.77. The minimum atomic E-state index is 0.218. The fraction of sp³-hybridized carbons (Fsp3) is 0.0500. The lowest BCUT2D eigenvalue weighted by molar-refractivity contribution is 0.475. The molecule has 0 aliphatic carbocycles. The molecule has 124 valence electrons. The van der Waals surface area contributed by atoms with Crippen molar-refractivity contribution in [3.05, 3.63) is 83.5 Å². The summed E-state index contributed by atoms with van der Waals surface area (Å²) in [6.45, 7) is 0.620. The monoisotopic (exact) mass is 349 g/mol. The number of aromatic hydroxyl groups is 1. The predicted octanol–water partition coefficient (Wildman–Crippen LogP) is 4.97. The minimum absolute atomic E-state index is 0.218. The zero-order valence-corrected chi connectivity index (χ0v) is 14.1. The lowest BCUT2D eigenvalue weighted by Crippen LogP contribution is -2.03. The van der Waals surface area contributed by atoms with Gasteiger partial charge in [0.05, 0.1) is 0 Å². The number of benzene rings is 2. The Morgan fingerprint density at radius 2 is 1.88 bits per heavy atom. The molecule has 5 heteroatoms. The summed E-state index contributed by atoms with van der Waals surface area (Å²) < 4.78 is 2.00. The van der Waals surface area contributed by atoms with Gasteiger partial charge in [0, 0.05) is 23.3 Å². The van der Waals surface area contributed by atoms with Crippen LogP contribution in [-0.2, 0) is 6.54 Å². The Morgan fingerprint density at radius 3 is 2.72 bits per heavy atom. The van der Waals surface area contributed by atoms with E-state index < -0.39 is 0 Å². The molecule has 0 spiro atoms. The van der Waals surface area contributed by atoms with Gasteiger partial charge in [-0.15, -0.1) is 0 Å². The van der Waals surface area contributed by atoms with Crippen molar-refractivity contribution in [2.45, 2.75) is 6.54 Å². The highest BCUT2D eigenvalue weighted by Gasteiger charge is 2.14. The number of phenolic OH excluding ortho intramolecular Hbond substituents is 1. The Hall–Kier alpha value is -2.98. The fourth-order valence-electron chi connectivity index (χ4n) is 2.85. The second kappa shape index (κ2) is 6.49. The van der Waals surface area contributed by atoms with Gasteiger partial charge in [-0.1, -0.05) is 41.9 Å². The van der Waals surface area contributed by atoms with Crippen molar-refractivity contribution in [2.75, 3.05) is 5.32 Å². The quantitative estimate of drug-likeness (QED) is 0.546. The van der Waals surface area contributed by atoms with E-state index in [0.717, 1.165) is 28.3 Å². The SMILES string of the molecule is Oc1cccc(-c2nc3ccccn3c2NCc2cccc(Cl)c2)c1. The van der Waals surface area contributed by atoms with Crippen LogP contribution in [0.1, 0.15) is 5.56 Å². The van der Waals surface area contributed by atoms with Crippen molar-refractivity contribution < 1.29 is 5.11 Å². The van der Waals surface area contributed by atoms with Crippen molar-refractivity contribution in [2.24, 2.45) is 0 Å². The van der Waals surface area contributed by atoms with Crippen LogP contribution >= 0.6 is 11.6 Å². The number of phenols is 1. The van der Waals surface area contributed by atoms with Crippen LogP contribution in [0.4, 0.5) is 5.82 Å². The minimum Gasteiger partial charge on any atom is -0.508 e. The molecule has 0 radical (unpaired) electrons. The van der Waals surface area contributed by atoms with Crippen molar-refractivity contribution in [1.82, 2.24) is 9.38 Å². The fourth-order valence-corrected chi connectivity index (χ4v) is 3.06. The van der Waals surface area contributed by atoms with Crippen LogP contribution < -0.4 is 5.32 Å². The highest BCUT2D eigenvalue weighted by atomic mass is 35.5. The molecule has 0 unspecified atom stereocenters. The van der Waals surface area contributed by atoms with E-state index in [1.165, 1.54) is 0 Å². The van der Waals surface area contributed by atoms with E-state index >= 15 is 0 Å². The molecule has 4 nitrogen and oxygen atoms in total. The lowest BCUT2D eigenvalue weighted by atomic mass is 10.1. The van der Waals surface area contributed by atoms with Crippen LogP contribution in [0.2, 0.25) is 5.02 Å². The molecule has 0 aliphatic rings. The van der Waals surface area contributed by atoms with Crippen molar-refractivity contribution in [3.8, 4) is 17.0 Å². The van der Waals surface area contributed by atoms with Crippen molar-refractivity contribution in [3.63, 3.8) is 0 Å². The first kappa shape index (κ1) is 15.5. The number of nitrogens with zero attached hydrogens (tertiary/aromatic N) is 2. The average Bonchev–Trinajstić information content (AvgIpc) is 2.99. The van der Waals surface area contributed by atoms with Gasteiger partial charge in [0.2, 0.25) is 0 Å². The first-order chi connectivity index (χ1) is 12.2. The van der Waals surface area contributed by atoms with Crippen LogP contribution in [0.3, 0.4) is 0 Å². The molecule has 2 N–H and O–H groups in total. The molecule has 0 saturated heterocycles. The number of pyridine rings is 1. The van der Waals surface area contributed by atoms with Gasteiger partial charge in [-0.05, 0) is 42.0 Å². The van der Waals surface area contributed by atoms with Crippen LogP contribution in [0, 0.1) is 0 Å². The zero-order valence-electron chi connectivity index (χ0n) is 13.4. The Kier molecular flexibility index (Phi) is 4.04. The molecule has 2 aromatic heterocycles. The number of aromatic nitrogens is 2. The summed E-state index contributed by atoms with van der Waals surface area (Å²) in [5.74, 6) is 1.09. The first-order valence-corrected chi connectivity index (χ1v) is 8.33. The molecule has 25 heavy (non-hydrogen) atoms. The smallest absolute Gasteiger partial charge is 0.139 e. The molecule has 0 fully saturated rings. The summed E-state index contributed by atoms with van der Waals surface area (Å²) >= 11 is 6.07. The maximum absolute atomic E-state index is 9.81. The van der Waals surface area contributed by atoms with Crippen molar-refractivity contribution >= 4 is 23.1 Å². The van der Waals surface area contributed by atoms with E-state index in [2.05, 4.69) is 5.32 Å². The van der Waals surface area contributed by atoms with Gasteiger partial charge in [0.1, 0.15) is 22.9 Å². The summed E-state index contributed by atoms with van der Waals surface area (Å²) in [6.07, 6.45) is 1.97. The molecule has 0 aliphatic heterocycles. The lowest BCUT2D eigenvalue weighted by Gasteiger charge is -2.09. The van der Waals surface area contributed by atoms with Gasteiger partial charge in [-0.3, -0.25) is 4.40 Å². The number of anilines is 1. The normalized spacial score (nSPS) is 10.9. The molecule has 2 heterocycles. The van der Waals surface area contributed by atoms with Crippen LogP contribution in [0.15, 0.2) is 72.9 Å². The number of nitrogens with one attached hydrogen (secondary N) is 1. The van der Waals surface area contributed by atoms with Gasteiger partial charge in [0.15, 0.2) is 0 Å². The summed E-state index contributed by atoms with van der Waals surface area (Å²) in [6, 6.07) is 20.7. The number of rotatable bonds is 4. The highest BCUT2D eigenvalue weighted by Crippen LogP contribution is 2.31. The molecule has 0 bridgehead atoms. The third-order valence-corrected chi connectivity index (χ3v) is 4.23. The van der Waals surface area contributed by atoms with E-state index in [9.17, 15) is 5.11 Å². The predicted molar refractivity (Wildman–Crippen MR) is 101 cm³/mol. The van der Waals surface area contributed by atoms with Crippen LogP contribution in [0.5, 0.6) is 5.75 Å². The molecular formula is C20H16ClN3O. The number of halogens is 1. The molecule has 4 rings (SSSR count). The number of fused-ring (bicyclic) bond motifs is 1. The standard InChI is InChI=1S/C20H16ClN3O/c21-16-7-3-5-14(11-16)13-22-20-19(15-6-4-8-17(25)12-15)23-18-9-1-2-10-24(18)20/h1-12,22,25H,13H2. The van der Waals surface area contributed by atoms with Gasteiger partial charge in [-0.25, -0.2) is 4.98 Å². The number of hydrogen-bond acceptors (Lipinski definition) is 3. The van der Waals surface area contributed by atoms with Crippen LogP contribution in [0.25, 0.3) is 16.9 Å². The highest BCUT2D eigenvalue weighted by molar-refractivity contribution is 6.30. The second-order valence-corrected chi connectivity index (χ2v) is 6.21. The summed E-state index contributed by atoms with van der Waals surface area (Å²) in [5.41, 5.74) is 3.58. The Bertz CT molecular complexity index is 1040. The van der Waals surface area contributed by atoms with E-state index in [0.29, 0.717) is 11.6 Å². The first-order valence-electron chi connectivity index (χ1n) is 7.95. The third kappa shape index (κ3) is 3.16. The third-order valence-electron chi connectivity index (χ3n) is 4.00.